The standard InChI is InChI=1S/C4H8ClNO3S/c5-3-10(7,8)6-4-1-9-2-4/h4,6H,1-3H2. The molecule has 0 aromatic heterocycles. The van der Waals surface area contributed by atoms with Gasteiger partial charge in [-0.2, -0.15) is 0 Å². The predicted molar refractivity (Wildman–Crippen MR) is 37.4 cm³/mol. The van der Waals surface area contributed by atoms with Crippen molar-refractivity contribution in [3.05, 3.63) is 0 Å². The molecule has 1 rings (SSSR count). The summed E-state index contributed by atoms with van der Waals surface area (Å²) in [5.41, 5.74) is 0. The Hall–Kier alpha value is 0.160. The van der Waals surface area contributed by atoms with Crippen LogP contribution < -0.4 is 4.72 Å². The van der Waals surface area contributed by atoms with E-state index in [4.69, 9.17) is 16.3 Å². The summed E-state index contributed by atoms with van der Waals surface area (Å²) in [6.45, 7) is 0.909. The Bertz CT molecular complexity index is 199. The summed E-state index contributed by atoms with van der Waals surface area (Å²) in [6.07, 6.45) is 0. The number of halogens is 1. The molecule has 0 aliphatic carbocycles. The van der Waals surface area contributed by atoms with Gasteiger partial charge in [0.05, 0.1) is 19.3 Å². The number of alkyl halides is 1. The fraction of sp³-hybridized carbons (Fsp3) is 1.00. The summed E-state index contributed by atoms with van der Waals surface area (Å²) < 4.78 is 28.5. The second kappa shape index (κ2) is 3.04. The number of hydrogen-bond donors (Lipinski definition) is 1. The van der Waals surface area contributed by atoms with Crippen molar-refractivity contribution in [1.82, 2.24) is 4.72 Å². The molecule has 0 aromatic rings. The third-order valence-electron chi connectivity index (χ3n) is 1.13. The molecule has 60 valence electrons. The third kappa shape index (κ3) is 2.09. The molecule has 1 aliphatic heterocycles. The summed E-state index contributed by atoms with van der Waals surface area (Å²) in [5.74, 6) is 0. The second-order valence-electron chi connectivity index (χ2n) is 2.08. The summed E-state index contributed by atoms with van der Waals surface area (Å²) >= 11 is 5.13. The molecular weight excluding hydrogens is 178 g/mol. The fourth-order valence-electron chi connectivity index (χ4n) is 0.589. The quantitative estimate of drug-likeness (QED) is 0.604. The summed E-state index contributed by atoms with van der Waals surface area (Å²) in [5, 5.41) is -0.385. The van der Waals surface area contributed by atoms with Gasteiger partial charge in [-0.3, -0.25) is 0 Å². The molecule has 1 aliphatic rings. The molecular formula is C4H8ClNO3S. The van der Waals surface area contributed by atoms with E-state index < -0.39 is 10.0 Å². The van der Waals surface area contributed by atoms with E-state index in [-0.39, 0.29) is 11.3 Å². The highest BCUT2D eigenvalue weighted by atomic mass is 35.5. The van der Waals surface area contributed by atoms with Gasteiger partial charge < -0.3 is 4.74 Å². The van der Waals surface area contributed by atoms with E-state index in [2.05, 4.69) is 4.72 Å². The Morgan fingerprint density at radius 1 is 1.60 bits per heavy atom. The highest BCUT2D eigenvalue weighted by Gasteiger charge is 2.23. The van der Waals surface area contributed by atoms with Crippen LogP contribution in [0.25, 0.3) is 0 Å². The van der Waals surface area contributed by atoms with Crippen molar-refractivity contribution in [1.29, 1.82) is 0 Å². The minimum absolute atomic E-state index is 0.0660. The van der Waals surface area contributed by atoms with Crippen LogP contribution in [0.2, 0.25) is 0 Å². The molecule has 10 heavy (non-hydrogen) atoms. The summed E-state index contributed by atoms with van der Waals surface area (Å²) in [6, 6.07) is -0.0660. The molecule has 0 radical (unpaired) electrons. The fourth-order valence-corrected chi connectivity index (χ4v) is 1.49. The van der Waals surface area contributed by atoms with Crippen LogP contribution in [-0.4, -0.2) is 32.9 Å². The van der Waals surface area contributed by atoms with Gasteiger partial charge in [0.25, 0.3) is 0 Å². The second-order valence-corrected chi connectivity index (χ2v) is 4.41. The first-order chi connectivity index (χ1) is 4.64. The van der Waals surface area contributed by atoms with Crippen LogP contribution in [0.1, 0.15) is 0 Å². The van der Waals surface area contributed by atoms with Gasteiger partial charge in [0.1, 0.15) is 5.21 Å². The van der Waals surface area contributed by atoms with Crippen LogP contribution in [0, 0.1) is 0 Å². The topological polar surface area (TPSA) is 55.4 Å². The number of nitrogens with one attached hydrogen (secondary N) is 1. The first-order valence-electron chi connectivity index (χ1n) is 2.78. The van der Waals surface area contributed by atoms with Gasteiger partial charge in [-0.05, 0) is 0 Å². The van der Waals surface area contributed by atoms with Crippen LogP contribution in [0.3, 0.4) is 0 Å². The molecule has 1 N–H and O–H groups in total. The normalized spacial score (nSPS) is 20.5. The van der Waals surface area contributed by atoms with Crippen LogP contribution in [0.5, 0.6) is 0 Å². The lowest BCUT2D eigenvalue weighted by atomic mass is 10.3. The maximum absolute atomic E-state index is 10.7. The number of ether oxygens (including phenoxy) is 1. The van der Waals surface area contributed by atoms with Crippen LogP contribution in [-0.2, 0) is 14.8 Å². The van der Waals surface area contributed by atoms with Gasteiger partial charge in [-0.15, -0.1) is 11.6 Å². The lowest BCUT2D eigenvalue weighted by Crippen LogP contribution is -2.48. The molecule has 0 aromatic carbocycles. The monoisotopic (exact) mass is 185 g/mol. The SMILES string of the molecule is O=S(=O)(CCl)NC1COC1. The largest absolute Gasteiger partial charge is 0.378 e. The average Bonchev–Trinajstić information content (AvgIpc) is 1.80. The van der Waals surface area contributed by atoms with Crippen molar-refractivity contribution in [2.75, 3.05) is 18.4 Å². The van der Waals surface area contributed by atoms with Crippen molar-refractivity contribution in [3.63, 3.8) is 0 Å². The van der Waals surface area contributed by atoms with E-state index >= 15 is 0 Å². The van der Waals surface area contributed by atoms with Gasteiger partial charge in [-0.25, -0.2) is 13.1 Å². The van der Waals surface area contributed by atoms with E-state index in [0.29, 0.717) is 13.2 Å². The van der Waals surface area contributed by atoms with Gasteiger partial charge in [0.2, 0.25) is 10.0 Å². The van der Waals surface area contributed by atoms with E-state index in [9.17, 15) is 8.42 Å². The zero-order valence-corrected chi connectivity index (χ0v) is 6.78. The summed E-state index contributed by atoms with van der Waals surface area (Å²) in [4.78, 5) is 0. The van der Waals surface area contributed by atoms with Crippen LogP contribution >= 0.6 is 11.6 Å². The Morgan fingerprint density at radius 3 is 2.50 bits per heavy atom. The van der Waals surface area contributed by atoms with Crippen molar-refractivity contribution < 1.29 is 13.2 Å². The Kier molecular flexibility index (Phi) is 2.51. The minimum atomic E-state index is -3.24. The summed E-state index contributed by atoms with van der Waals surface area (Å²) in [7, 11) is -3.24. The van der Waals surface area contributed by atoms with E-state index in [1.807, 2.05) is 0 Å². The first-order valence-corrected chi connectivity index (χ1v) is 4.96. The highest BCUT2D eigenvalue weighted by molar-refractivity contribution is 7.90. The van der Waals surface area contributed by atoms with Crippen molar-refractivity contribution >= 4 is 21.6 Å². The molecule has 0 unspecified atom stereocenters. The number of hydrogen-bond acceptors (Lipinski definition) is 3. The lowest BCUT2D eigenvalue weighted by molar-refractivity contribution is 0.00488. The predicted octanol–water partition coefficient (Wildman–Crippen LogP) is -0.499. The molecule has 0 atom stereocenters. The molecule has 1 fully saturated rings. The molecule has 0 bridgehead atoms. The van der Waals surface area contributed by atoms with Gasteiger partial charge >= 0.3 is 0 Å². The first kappa shape index (κ1) is 8.26. The molecule has 1 saturated heterocycles. The minimum Gasteiger partial charge on any atom is -0.378 e. The smallest absolute Gasteiger partial charge is 0.226 e. The zero-order valence-electron chi connectivity index (χ0n) is 5.21. The van der Waals surface area contributed by atoms with Crippen molar-refractivity contribution in [2.24, 2.45) is 0 Å². The van der Waals surface area contributed by atoms with Gasteiger partial charge in [-0.1, -0.05) is 0 Å². The molecule has 1 heterocycles. The van der Waals surface area contributed by atoms with Crippen LogP contribution in [0.15, 0.2) is 0 Å². The Morgan fingerprint density at radius 2 is 2.20 bits per heavy atom. The van der Waals surface area contributed by atoms with Gasteiger partial charge in [0, 0.05) is 0 Å². The Labute approximate surface area is 64.6 Å². The maximum atomic E-state index is 10.7. The Balaban J connectivity index is 2.36. The number of rotatable bonds is 3. The van der Waals surface area contributed by atoms with E-state index in [0.717, 1.165) is 0 Å². The molecule has 0 amide bonds. The molecule has 0 spiro atoms. The van der Waals surface area contributed by atoms with Crippen LogP contribution in [0.4, 0.5) is 0 Å². The average molecular weight is 186 g/mol. The number of sulfonamides is 1. The molecule has 0 saturated carbocycles. The maximum Gasteiger partial charge on any atom is 0.226 e. The highest BCUT2D eigenvalue weighted by Crippen LogP contribution is 2.02. The van der Waals surface area contributed by atoms with Crippen molar-refractivity contribution in [2.45, 2.75) is 6.04 Å². The van der Waals surface area contributed by atoms with E-state index in [1.165, 1.54) is 0 Å². The van der Waals surface area contributed by atoms with Gasteiger partial charge in [0.15, 0.2) is 0 Å². The zero-order chi connectivity index (χ0) is 7.61. The molecule has 4 nitrogen and oxygen atoms in total. The third-order valence-corrected chi connectivity index (χ3v) is 2.97. The molecule has 6 heteroatoms. The van der Waals surface area contributed by atoms with E-state index in [1.54, 1.807) is 0 Å². The van der Waals surface area contributed by atoms with Crippen molar-refractivity contribution in [3.8, 4) is 0 Å². The lowest BCUT2D eigenvalue weighted by Gasteiger charge is -2.25.